The van der Waals surface area contributed by atoms with Gasteiger partial charge in [0.05, 0.1) is 5.92 Å². The van der Waals surface area contributed by atoms with Crippen molar-refractivity contribution < 1.29 is 19.8 Å². The number of ketones is 1. The van der Waals surface area contributed by atoms with Crippen molar-refractivity contribution in [3.63, 3.8) is 0 Å². The molecule has 0 bridgehead atoms. The van der Waals surface area contributed by atoms with Crippen LogP contribution in [0.3, 0.4) is 0 Å². The second-order valence-corrected chi connectivity index (χ2v) is 4.17. The van der Waals surface area contributed by atoms with Gasteiger partial charge in [-0.3, -0.25) is 9.59 Å². The van der Waals surface area contributed by atoms with Crippen molar-refractivity contribution in [3.05, 3.63) is 23.3 Å². The molecule has 1 atom stereocenters. The minimum atomic E-state index is -1.55. The summed E-state index contributed by atoms with van der Waals surface area (Å²) in [5.74, 6) is -2.14. The van der Waals surface area contributed by atoms with Gasteiger partial charge in [0.25, 0.3) is 0 Å². The molecule has 0 aromatic rings. The van der Waals surface area contributed by atoms with Crippen molar-refractivity contribution in [1.29, 1.82) is 0 Å². The van der Waals surface area contributed by atoms with E-state index in [9.17, 15) is 14.7 Å². The molecule has 0 aromatic heterocycles. The van der Waals surface area contributed by atoms with Crippen LogP contribution in [0.25, 0.3) is 0 Å². The number of carboxylic acid groups (broad SMARTS) is 1. The van der Waals surface area contributed by atoms with Crippen molar-refractivity contribution in [3.8, 4) is 0 Å². The highest BCUT2D eigenvalue weighted by Crippen LogP contribution is 2.31. The molecule has 16 heavy (non-hydrogen) atoms. The van der Waals surface area contributed by atoms with Crippen molar-refractivity contribution in [2.45, 2.75) is 32.8 Å². The number of aliphatic carboxylic acids is 1. The van der Waals surface area contributed by atoms with Crippen LogP contribution in [0.1, 0.15) is 27.2 Å². The zero-order valence-electron chi connectivity index (χ0n) is 9.65. The largest absolute Gasteiger partial charge is 0.481 e. The van der Waals surface area contributed by atoms with Gasteiger partial charge in [-0.15, -0.1) is 0 Å². The van der Waals surface area contributed by atoms with E-state index >= 15 is 0 Å². The van der Waals surface area contributed by atoms with Crippen LogP contribution in [0, 0.1) is 5.92 Å². The minimum Gasteiger partial charge on any atom is -0.481 e. The lowest BCUT2D eigenvalue weighted by Crippen LogP contribution is -2.41. The van der Waals surface area contributed by atoms with E-state index in [1.54, 1.807) is 20.8 Å². The Bertz CT molecular complexity index is 368. The van der Waals surface area contributed by atoms with Crippen LogP contribution in [0.15, 0.2) is 23.3 Å². The number of aliphatic hydroxyl groups is 1. The first-order valence-electron chi connectivity index (χ1n) is 5.20. The van der Waals surface area contributed by atoms with Crippen LogP contribution in [-0.2, 0) is 9.59 Å². The van der Waals surface area contributed by atoms with Gasteiger partial charge in [-0.1, -0.05) is 6.92 Å². The third kappa shape index (κ3) is 2.07. The molecule has 0 aliphatic heterocycles. The molecule has 0 fully saturated rings. The van der Waals surface area contributed by atoms with Crippen molar-refractivity contribution in [1.82, 2.24) is 0 Å². The first-order chi connectivity index (χ1) is 7.31. The third-order valence-electron chi connectivity index (χ3n) is 2.88. The van der Waals surface area contributed by atoms with Gasteiger partial charge in [0, 0.05) is 0 Å². The second kappa shape index (κ2) is 4.22. The van der Waals surface area contributed by atoms with Gasteiger partial charge in [0.15, 0.2) is 5.78 Å². The molecule has 1 aliphatic carbocycles. The average Bonchev–Trinajstić information content (AvgIpc) is 2.14. The molecule has 1 aliphatic rings. The van der Waals surface area contributed by atoms with Gasteiger partial charge in [-0.05, 0) is 43.6 Å². The quantitative estimate of drug-likeness (QED) is 0.757. The van der Waals surface area contributed by atoms with Crippen LogP contribution in [0.4, 0.5) is 0 Å². The highest BCUT2D eigenvalue weighted by molar-refractivity contribution is 6.08. The van der Waals surface area contributed by atoms with Crippen molar-refractivity contribution in [2.24, 2.45) is 5.92 Å². The fourth-order valence-electron chi connectivity index (χ4n) is 2.08. The zero-order valence-corrected chi connectivity index (χ0v) is 9.65. The van der Waals surface area contributed by atoms with E-state index < -0.39 is 17.5 Å². The molecule has 1 rings (SSSR count). The molecule has 0 radical (unpaired) electrons. The molecule has 4 nitrogen and oxygen atoms in total. The molecule has 0 heterocycles. The zero-order chi connectivity index (χ0) is 12.5. The summed E-state index contributed by atoms with van der Waals surface area (Å²) >= 11 is 0. The summed E-state index contributed by atoms with van der Waals surface area (Å²) in [6, 6.07) is 0. The van der Waals surface area contributed by atoms with E-state index in [2.05, 4.69) is 0 Å². The maximum absolute atomic E-state index is 11.5. The van der Waals surface area contributed by atoms with Crippen LogP contribution in [-0.4, -0.2) is 27.6 Å². The molecule has 4 heteroatoms. The first-order valence-corrected chi connectivity index (χ1v) is 5.20. The highest BCUT2D eigenvalue weighted by Gasteiger charge is 2.40. The fraction of sp³-hybridized carbons (Fsp3) is 0.500. The maximum Gasteiger partial charge on any atom is 0.310 e. The van der Waals surface area contributed by atoms with Gasteiger partial charge < -0.3 is 10.2 Å². The number of allylic oxidation sites excluding steroid dienone is 2. The molecule has 0 spiro atoms. The predicted molar refractivity (Wildman–Crippen MR) is 58.9 cm³/mol. The molecule has 0 amide bonds. The van der Waals surface area contributed by atoms with Gasteiger partial charge in [-0.25, -0.2) is 0 Å². The first kappa shape index (κ1) is 12.6. The number of hydrogen-bond acceptors (Lipinski definition) is 3. The van der Waals surface area contributed by atoms with E-state index in [0.29, 0.717) is 17.6 Å². The average molecular weight is 224 g/mol. The summed E-state index contributed by atoms with van der Waals surface area (Å²) in [5.41, 5.74) is -0.771. The lowest BCUT2D eigenvalue weighted by atomic mass is 9.78. The smallest absolute Gasteiger partial charge is 0.310 e. The summed E-state index contributed by atoms with van der Waals surface area (Å²) in [6.07, 6.45) is 2.98. The number of carboxylic acids is 1. The Morgan fingerprint density at radius 2 is 1.81 bits per heavy atom. The molecule has 88 valence electrons. The van der Waals surface area contributed by atoms with E-state index in [0.717, 1.165) is 0 Å². The minimum absolute atomic E-state index is 0.148. The lowest BCUT2D eigenvalue weighted by Gasteiger charge is -2.31. The number of rotatable bonds is 3. The highest BCUT2D eigenvalue weighted by atomic mass is 16.4. The van der Waals surface area contributed by atoms with Gasteiger partial charge in [-0.2, -0.15) is 0 Å². The number of hydrogen-bond donors (Lipinski definition) is 2. The molecule has 0 aromatic carbocycles. The standard InChI is InChI=1S/C12H16O4/c1-4-9(11(14)15)12(16)5-7(2)10(13)8(3)6-12/h5-6,9,16H,4H2,1-3H3,(H,14,15). The third-order valence-corrected chi connectivity index (χ3v) is 2.88. The Hall–Kier alpha value is -1.42. The van der Waals surface area contributed by atoms with Gasteiger partial charge >= 0.3 is 5.97 Å². The van der Waals surface area contributed by atoms with E-state index in [-0.39, 0.29) is 5.78 Å². The Morgan fingerprint density at radius 3 is 2.12 bits per heavy atom. The summed E-state index contributed by atoms with van der Waals surface area (Å²) in [4.78, 5) is 22.5. The predicted octanol–water partition coefficient (Wildman–Crippen LogP) is 1.30. The normalized spacial score (nSPS) is 21.1. The summed E-state index contributed by atoms with van der Waals surface area (Å²) in [7, 11) is 0. The van der Waals surface area contributed by atoms with Crippen molar-refractivity contribution >= 4 is 11.8 Å². The lowest BCUT2D eigenvalue weighted by molar-refractivity contribution is -0.147. The van der Waals surface area contributed by atoms with Crippen LogP contribution < -0.4 is 0 Å². The number of carbonyl (C=O) groups excluding carboxylic acids is 1. The number of carbonyl (C=O) groups is 2. The van der Waals surface area contributed by atoms with Crippen LogP contribution >= 0.6 is 0 Å². The molecule has 2 N–H and O–H groups in total. The second-order valence-electron chi connectivity index (χ2n) is 4.17. The SMILES string of the molecule is CCC(C(=O)O)C1(O)C=C(C)C(=O)C(C)=C1. The van der Waals surface area contributed by atoms with Gasteiger partial charge in [0.1, 0.15) is 5.60 Å². The van der Waals surface area contributed by atoms with E-state index in [1.807, 2.05) is 0 Å². The summed E-state index contributed by atoms with van der Waals surface area (Å²) in [6.45, 7) is 4.86. The summed E-state index contributed by atoms with van der Waals surface area (Å²) in [5, 5.41) is 19.3. The molecular formula is C12H16O4. The molecule has 0 saturated carbocycles. The topological polar surface area (TPSA) is 74.6 Å². The Morgan fingerprint density at radius 1 is 1.38 bits per heavy atom. The summed E-state index contributed by atoms with van der Waals surface area (Å²) < 4.78 is 0. The van der Waals surface area contributed by atoms with E-state index in [4.69, 9.17) is 5.11 Å². The Kier molecular flexibility index (Phi) is 3.33. The molecule has 0 saturated heterocycles. The van der Waals surface area contributed by atoms with Crippen LogP contribution in [0.2, 0.25) is 0 Å². The molecule has 1 unspecified atom stereocenters. The Balaban J connectivity index is 3.20. The van der Waals surface area contributed by atoms with Crippen LogP contribution in [0.5, 0.6) is 0 Å². The Labute approximate surface area is 94.3 Å². The number of Topliss-reactive ketones (excluding diaryl/α,β-unsaturated/α-hetero) is 1. The fourth-order valence-corrected chi connectivity index (χ4v) is 2.08. The van der Waals surface area contributed by atoms with Gasteiger partial charge in [0.2, 0.25) is 0 Å². The molecular weight excluding hydrogens is 208 g/mol. The maximum atomic E-state index is 11.5. The monoisotopic (exact) mass is 224 g/mol. The van der Waals surface area contributed by atoms with E-state index in [1.165, 1.54) is 12.2 Å². The van der Waals surface area contributed by atoms with Crippen molar-refractivity contribution in [2.75, 3.05) is 0 Å².